The van der Waals surface area contributed by atoms with Crippen molar-refractivity contribution in [3.8, 4) is 0 Å². The summed E-state index contributed by atoms with van der Waals surface area (Å²) in [6.45, 7) is 3.42. The normalized spacial score (nSPS) is 11.9. The molecule has 86 valence electrons. The lowest BCUT2D eigenvalue weighted by Crippen LogP contribution is -2.35. The van der Waals surface area contributed by atoms with E-state index >= 15 is 0 Å². The van der Waals surface area contributed by atoms with Crippen molar-refractivity contribution in [1.29, 1.82) is 0 Å². The molecule has 16 heavy (non-hydrogen) atoms. The first-order valence-corrected chi connectivity index (χ1v) is 4.67. The molecule has 1 unspecified atom stereocenters. The fraction of sp³-hybridized carbons (Fsp3) is 0.182. The summed E-state index contributed by atoms with van der Waals surface area (Å²) in [5.74, 6) is -2.32. The van der Waals surface area contributed by atoms with E-state index in [1.807, 2.05) is 0 Å². The predicted molar refractivity (Wildman–Crippen MR) is 57.8 cm³/mol. The van der Waals surface area contributed by atoms with Gasteiger partial charge in [0.2, 0.25) is 5.91 Å². The van der Waals surface area contributed by atoms with Gasteiger partial charge in [-0.2, -0.15) is 0 Å². The number of hydrogen-bond donors (Lipinski definition) is 2. The lowest BCUT2D eigenvalue weighted by Gasteiger charge is -2.11. The Labute approximate surface area is 91.9 Å². The molecule has 0 fully saturated rings. The van der Waals surface area contributed by atoms with Crippen LogP contribution in [0.2, 0.25) is 0 Å². The quantitative estimate of drug-likeness (QED) is 0.769. The highest BCUT2D eigenvalue weighted by atomic mass is 19.1. The van der Waals surface area contributed by atoms with E-state index in [-0.39, 0.29) is 6.42 Å². The Bertz CT molecular complexity index is 387. The molecular formula is C11H12F2N2O. The summed E-state index contributed by atoms with van der Waals surface area (Å²) in [7, 11) is 0. The van der Waals surface area contributed by atoms with E-state index in [0.29, 0.717) is 0 Å². The van der Waals surface area contributed by atoms with Crippen molar-refractivity contribution < 1.29 is 13.6 Å². The minimum absolute atomic E-state index is 0.238. The zero-order chi connectivity index (χ0) is 12.1. The molecule has 0 heterocycles. The van der Waals surface area contributed by atoms with Crippen LogP contribution in [0.4, 0.5) is 14.5 Å². The highest BCUT2D eigenvalue weighted by Gasteiger charge is 2.16. The van der Waals surface area contributed by atoms with E-state index in [9.17, 15) is 13.6 Å². The van der Waals surface area contributed by atoms with E-state index < -0.39 is 29.3 Å². The first kappa shape index (κ1) is 12.3. The van der Waals surface area contributed by atoms with Crippen LogP contribution in [-0.4, -0.2) is 11.9 Å². The van der Waals surface area contributed by atoms with Crippen molar-refractivity contribution >= 4 is 11.6 Å². The van der Waals surface area contributed by atoms with Gasteiger partial charge in [0.1, 0.15) is 17.3 Å². The van der Waals surface area contributed by atoms with Gasteiger partial charge in [0.05, 0.1) is 6.04 Å². The summed E-state index contributed by atoms with van der Waals surface area (Å²) < 4.78 is 26.3. The van der Waals surface area contributed by atoms with Gasteiger partial charge in [-0.1, -0.05) is 12.1 Å². The number of para-hydroxylation sites is 1. The summed E-state index contributed by atoms with van der Waals surface area (Å²) in [5, 5.41) is 2.10. The maximum absolute atomic E-state index is 13.1. The van der Waals surface area contributed by atoms with Crippen LogP contribution in [0.5, 0.6) is 0 Å². The van der Waals surface area contributed by atoms with Crippen molar-refractivity contribution in [2.45, 2.75) is 12.5 Å². The second-order valence-corrected chi connectivity index (χ2v) is 3.22. The average Bonchev–Trinajstić information content (AvgIpc) is 2.23. The predicted octanol–water partition coefficient (Wildman–Crippen LogP) is 1.81. The van der Waals surface area contributed by atoms with Gasteiger partial charge in [0.15, 0.2) is 0 Å². The number of nitrogens with one attached hydrogen (secondary N) is 1. The highest BCUT2D eigenvalue weighted by molar-refractivity contribution is 5.94. The van der Waals surface area contributed by atoms with Gasteiger partial charge in [-0.25, -0.2) is 8.78 Å². The van der Waals surface area contributed by atoms with Crippen molar-refractivity contribution in [3.05, 3.63) is 42.5 Å². The van der Waals surface area contributed by atoms with Crippen LogP contribution >= 0.6 is 0 Å². The highest BCUT2D eigenvalue weighted by Crippen LogP contribution is 2.18. The molecule has 0 aromatic heterocycles. The third kappa shape index (κ3) is 2.87. The molecule has 0 bridgehead atoms. The van der Waals surface area contributed by atoms with E-state index in [2.05, 4.69) is 11.9 Å². The van der Waals surface area contributed by atoms with E-state index in [1.165, 1.54) is 12.1 Å². The van der Waals surface area contributed by atoms with Gasteiger partial charge >= 0.3 is 0 Å². The van der Waals surface area contributed by atoms with Gasteiger partial charge in [0, 0.05) is 0 Å². The minimum atomic E-state index is -0.864. The van der Waals surface area contributed by atoms with Crippen LogP contribution < -0.4 is 11.1 Å². The van der Waals surface area contributed by atoms with Gasteiger partial charge in [-0.3, -0.25) is 4.79 Å². The molecule has 0 saturated heterocycles. The molecule has 3 N–H and O–H groups in total. The molecule has 0 aliphatic heterocycles. The van der Waals surface area contributed by atoms with Crippen molar-refractivity contribution in [2.24, 2.45) is 5.73 Å². The Hall–Kier alpha value is -1.75. The smallest absolute Gasteiger partial charge is 0.241 e. The second-order valence-electron chi connectivity index (χ2n) is 3.22. The molecule has 1 aromatic rings. The Morgan fingerprint density at radius 3 is 2.56 bits per heavy atom. The van der Waals surface area contributed by atoms with Crippen LogP contribution in [0.25, 0.3) is 0 Å². The van der Waals surface area contributed by atoms with Gasteiger partial charge in [0.25, 0.3) is 0 Å². The third-order valence-corrected chi connectivity index (χ3v) is 1.97. The van der Waals surface area contributed by atoms with E-state index in [4.69, 9.17) is 5.73 Å². The third-order valence-electron chi connectivity index (χ3n) is 1.97. The number of rotatable bonds is 4. The Kier molecular flexibility index (Phi) is 4.13. The summed E-state index contributed by atoms with van der Waals surface area (Å²) in [6.07, 6.45) is 1.70. The lowest BCUT2D eigenvalue weighted by molar-refractivity contribution is -0.117. The Morgan fingerprint density at radius 2 is 2.06 bits per heavy atom. The van der Waals surface area contributed by atoms with Crippen LogP contribution in [0.15, 0.2) is 30.9 Å². The number of carbonyl (C=O) groups is 1. The molecule has 0 radical (unpaired) electrons. The number of benzene rings is 1. The molecule has 3 nitrogen and oxygen atoms in total. The van der Waals surface area contributed by atoms with Crippen LogP contribution in [0.3, 0.4) is 0 Å². The summed E-state index contributed by atoms with van der Waals surface area (Å²) >= 11 is 0. The molecular weight excluding hydrogens is 214 g/mol. The first-order valence-electron chi connectivity index (χ1n) is 4.67. The fourth-order valence-electron chi connectivity index (χ4n) is 1.12. The number of nitrogens with two attached hydrogens (primary N) is 1. The number of halogens is 2. The molecule has 1 aromatic carbocycles. The molecule has 1 atom stereocenters. The number of carbonyl (C=O) groups excluding carboxylic acids is 1. The molecule has 0 spiro atoms. The molecule has 1 rings (SSSR count). The molecule has 0 saturated carbocycles. The largest absolute Gasteiger partial charge is 0.320 e. The summed E-state index contributed by atoms with van der Waals surface area (Å²) in [6, 6.07) is 2.45. The Balaban J connectivity index is 2.80. The topological polar surface area (TPSA) is 55.1 Å². The second kappa shape index (κ2) is 5.37. The lowest BCUT2D eigenvalue weighted by atomic mass is 10.2. The molecule has 0 aliphatic rings. The summed E-state index contributed by atoms with van der Waals surface area (Å²) in [4.78, 5) is 11.4. The molecule has 0 aliphatic carbocycles. The van der Waals surface area contributed by atoms with Crippen molar-refractivity contribution in [2.75, 3.05) is 5.32 Å². The number of hydrogen-bond acceptors (Lipinski definition) is 2. The zero-order valence-corrected chi connectivity index (χ0v) is 8.54. The van der Waals surface area contributed by atoms with Crippen LogP contribution in [0.1, 0.15) is 6.42 Å². The number of anilines is 1. The van der Waals surface area contributed by atoms with Gasteiger partial charge < -0.3 is 11.1 Å². The number of amides is 1. The monoisotopic (exact) mass is 226 g/mol. The van der Waals surface area contributed by atoms with Crippen molar-refractivity contribution in [3.63, 3.8) is 0 Å². The van der Waals surface area contributed by atoms with Gasteiger partial charge in [-0.05, 0) is 18.6 Å². The zero-order valence-electron chi connectivity index (χ0n) is 8.54. The SMILES string of the molecule is C=CCC(N)C(=O)Nc1c(F)cccc1F. The first-order chi connectivity index (χ1) is 7.56. The Morgan fingerprint density at radius 1 is 1.50 bits per heavy atom. The van der Waals surface area contributed by atoms with E-state index in [0.717, 1.165) is 12.1 Å². The summed E-state index contributed by atoms with van der Waals surface area (Å²) in [5.41, 5.74) is 4.97. The van der Waals surface area contributed by atoms with Gasteiger partial charge in [-0.15, -0.1) is 6.58 Å². The maximum Gasteiger partial charge on any atom is 0.241 e. The standard InChI is InChI=1S/C11H12F2N2O/c1-2-4-9(14)11(16)15-10-7(12)5-3-6-8(10)13/h2-3,5-6,9H,1,4,14H2,(H,15,16). The van der Waals surface area contributed by atoms with Crippen LogP contribution in [-0.2, 0) is 4.79 Å². The van der Waals surface area contributed by atoms with Crippen LogP contribution in [0, 0.1) is 11.6 Å². The minimum Gasteiger partial charge on any atom is -0.320 e. The average molecular weight is 226 g/mol. The van der Waals surface area contributed by atoms with E-state index in [1.54, 1.807) is 0 Å². The van der Waals surface area contributed by atoms with Crippen molar-refractivity contribution in [1.82, 2.24) is 0 Å². The molecule has 1 amide bonds. The molecule has 5 heteroatoms. The maximum atomic E-state index is 13.1. The fourth-order valence-corrected chi connectivity index (χ4v) is 1.12.